The highest BCUT2D eigenvalue weighted by molar-refractivity contribution is 5.96. The maximum absolute atomic E-state index is 12.2. The van der Waals surface area contributed by atoms with Crippen LogP contribution in [0.1, 0.15) is 54.4 Å². The monoisotopic (exact) mass is 453 g/mol. The highest BCUT2D eigenvalue weighted by Gasteiger charge is 2.18. The van der Waals surface area contributed by atoms with Crippen molar-refractivity contribution >= 4 is 23.9 Å². The third-order valence-corrected chi connectivity index (χ3v) is 5.59. The third-order valence-electron chi connectivity index (χ3n) is 5.59. The molecule has 0 saturated heterocycles. The molecule has 8 nitrogen and oxygen atoms in total. The SMILES string of the molecule is COc1cc(C(=O)O)ccc1Oc1ccc(C=C(NC(=O)CCC2CCCC2)C(=O)O)cc1. The third kappa shape index (κ3) is 6.83. The van der Waals surface area contributed by atoms with Crippen molar-refractivity contribution in [2.75, 3.05) is 7.11 Å². The molecule has 174 valence electrons. The minimum absolute atomic E-state index is 0.0752. The van der Waals surface area contributed by atoms with Crippen molar-refractivity contribution in [3.05, 3.63) is 59.3 Å². The number of amides is 1. The van der Waals surface area contributed by atoms with Gasteiger partial charge in [-0.05, 0) is 54.3 Å². The van der Waals surface area contributed by atoms with Gasteiger partial charge in [-0.2, -0.15) is 0 Å². The van der Waals surface area contributed by atoms with Crippen molar-refractivity contribution in [1.82, 2.24) is 5.32 Å². The zero-order valence-corrected chi connectivity index (χ0v) is 18.4. The Morgan fingerprint density at radius 2 is 1.73 bits per heavy atom. The molecular formula is C25H27NO7. The first-order valence-corrected chi connectivity index (χ1v) is 10.8. The summed E-state index contributed by atoms with van der Waals surface area (Å²) in [6, 6.07) is 10.9. The molecule has 2 aromatic rings. The van der Waals surface area contributed by atoms with Gasteiger partial charge in [0.15, 0.2) is 11.5 Å². The summed E-state index contributed by atoms with van der Waals surface area (Å²) in [6.07, 6.45) is 7.16. The number of rotatable bonds is 10. The van der Waals surface area contributed by atoms with E-state index in [-0.39, 0.29) is 22.9 Å². The molecule has 1 aliphatic carbocycles. The van der Waals surface area contributed by atoms with Crippen LogP contribution < -0.4 is 14.8 Å². The van der Waals surface area contributed by atoms with Gasteiger partial charge in [0.2, 0.25) is 5.91 Å². The van der Waals surface area contributed by atoms with Crippen molar-refractivity contribution in [3.63, 3.8) is 0 Å². The van der Waals surface area contributed by atoms with E-state index < -0.39 is 11.9 Å². The van der Waals surface area contributed by atoms with Gasteiger partial charge in [-0.25, -0.2) is 9.59 Å². The molecule has 0 aromatic heterocycles. The normalized spacial score (nSPS) is 14.0. The van der Waals surface area contributed by atoms with Gasteiger partial charge in [-0.3, -0.25) is 4.79 Å². The minimum atomic E-state index is -1.22. The fourth-order valence-corrected chi connectivity index (χ4v) is 3.81. The molecule has 33 heavy (non-hydrogen) atoms. The number of hydrogen-bond donors (Lipinski definition) is 3. The van der Waals surface area contributed by atoms with Crippen LogP contribution in [0.25, 0.3) is 6.08 Å². The number of carboxylic acid groups (broad SMARTS) is 2. The number of nitrogens with one attached hydrogen (secondary N) is 1. The van der Waals surface area contributed by atoms with Gasteiger partial charge >= 0.3 is 11.9 Å². The summed E-state index contributed by atoms with van der Waals surface area (Å²) in [6.45, 7) is 0. The van der Waals surface area contributed by atoms with Crippen LogP contribution in [-0.2, 0) is 9.59 Å². The van der Waals surface area contributed by atoms with E-state index in [2.05, 4.69) is 5.32 Å². The van der Waals surface area contributed by atoms with E-state index in [1.54, 1.807) is 24.3 Å². The zero-order chi connectivity index (χ0) is 23.8. The van der Waals surface area contributed by atoms with Crippen LogP contribution in [0.3, 0.4) is 0 Å². The zero-order valence-electron chi connectivity index (χ0n) is 18.4. The molecule has 1 saturated carbocycles. The maximum atomic E-state index is 12.2. The van der Waals surface area contributed by atoms with Crippen molar-refractivity contribution in [1.29, 1.82) is 0 Å². The van der Waals surface area contributed by atoms with Gasteiger partial charge in [0.05, 0.1) is 12.7 Å². The number of carbonyl (C=O) groups excluding carboxylic acids is 1. The minimum Gasteiger partial charge on any atom is -0.493 e. The van der Waals surface area contributed by atoms with Crippen molar-refractivity contribution in [2.45, 2.75) is 38.5 Å². The molecule has 2 aromatic carbocycles. The number of benzene rings is 2. The molecule has 1 fully saturated rings. The number of aromatic carboxylic acids is 1. The van der Waals surface area contributed by atoms with E-state index in [4.69, 9.17) is 14.6 Å². The number of carbonyl (C=O) groups is 3. The fourth-order valence-electron chi connectivity index (χ4n) is 3.81. The summed E-state index contributed by atoms with van der Waals surface area (Å²) < 4.78 is 11.0. The van der Waals surface area contributed by atoms with Gasteiger partial charge < -0.3 is 25.0 Å². The molecule has 3 rings (SSSR count). The summed E-state index contributed by atoms with van der Waals surface area (Å²) in [7, 11) is 1.41. The van der Waals surface area contributed by atoms with E-state index in [1.807, 2.05) is 0 Å². The Bertz CT molecular complexity index is 1040. The topological polar surface area (TPSA) is 122 Å². The lowest BCUT2D eigenvalue weighted by Gasteiger charge is -2.11. The van der Waals surface area contributed by atoms with Crippen molar-refractivity contribution < 1.29 is 34.1 Å². The second-order valence-electron chi connectivity index (χ2n) is 7.94. The van der Waals surface area contributed by atoms with Gasteiger partial charge in [0.1, 0.15) is 11.4 Å². The Hall–Kier alpha value is -3.81. The Morgan fingerprint density at radius 1 is 1.03 bits per heavy atom. The van der Waals surface area contributed by atoms with Gasteiger partial charge in [-0.15, -0.1) is 0 Å². The van der Waals surface area contributed by atoms with Gasteiger partial charge in [-0.1, -0.05) is 37.8 Å². The van der Waals surface area contributed by atoms with E-state index in [1.165, 1.54) is 44.2 Å². The highest BCUT2D eigenvalue weighted by atomic mass is 16.5. The number of methoxy groups -OCH3 is 1. The average molecular weight is 453 g/mol. The van der Waals surface area contributed by atoms with Gasteiger partial charge in [0.25, 0.3) is 0 Å². The number of carboxylic acids is 2. The Balaban J connectivity index is 1.65. The van der Waals surface area contributed by atoms with E-state index >= 15 is 0 Å². The van der Waals surface area contributed by atoms with Crippen molar-refractivity contribution in [3.8, 4) is 17.2 Å². The quantitative estimate of drug-likeness (QED) is 0.446. The number of ether oxygens (including phenoxy) is 2. The van der Waals surface area contributed by atoms with E-state index in [0.29, 0.717) is 29.4 Å². The number of aliphatic carboxylic acids is 1. The van der Waals surface area contributed by atoms with Crippen LogP contribution in [0.5, 0.6) is 17.2 Å². The molecular weight excluding hydrogens is 426 g/mol. The molecule has 1 aliphatic rings. The number of hydrogen-bond acceptors (Lipinski definition) is 5. The summed E-state index contributed by atoms with van der Waals surface area (Å²) in [5.74, 6) is -0.972. The van der Waals surface area contributed by atoms with Crippen LogP contribution in [0, 0.1) is 5.92 Å². The largest absolute Gasteiger partial charge is 0.493 e. The Kier molecular flexibility index (Phi) is 8.07. The molecule has 3 N–H and O–H groups in total. The van der Waals surface area contributed by atoms with Crippen LogP contribution in [0.15, 0.2) is 48.2 Å². The second kappa shape index (κ2) is 11.2. The standard InChI is InChI=1S/C25H27NO7/c1-32-22-15-18(24(28)29)9-12-21(22)33-19-10-6-17(7-11-19)14-20(25(30)31)26-23(27)13-8-16-4-2-3-5-16/h6-7,9-12,14-16H,2-5,8,13H2,1H3,(H,26,27)(H,28,29)(H,30,31). The molecule has 0 spiro atoms. The van der Waals surface area contributed by atoms with E-state index in [9.17, 15) is 19.5 Å². The average Bonchev–Trinajstić information content (AvgIpc) is 3.32. The highest BCUT2D eigenvalue weighted by Crippen LogP contribution is 2.32. The molecule has 0 heterocycles. The van der Waals surface area contributed by atoms with Gasteiger partial charge in [0, 0.05) is 6.42 Å². The van der Waals surface area contributed by atoms with Crippen molar-refractivity contribution in [2.24, 2.45) is 5.92 Å². The molecule has 0 unspecified atom stereocenters. The van der Waals surface area contributed by atoms with Crippen LogP contribution in [-0.4, -0.2) is 35.2 Å². The molecule has 0 radical (unpaired) electrons. The van der Waals surface area contributed by atoms with Crippen LogP contribution in [0.2, 0.25) is 0 Å². The molecule has 1 amide bonds. The summed E-state index contributed by atoms with van der Waals surface area (Å²) in [4.78, 5) is 34.9. The molecule has 8 heteroatoms. The predicted molar refractivity (Wildman–Crippen MR) is 121 cm³/mol. The molecule has 0 aliphatic heterocycles. The second-order valence-corrected chi connectivity index (χ2v) is 7.94. The van der Waals surface area contributed by atoms with Crippen LogP contribution >= 0.6 is 0 Å². The predicted octanol–water partition coefficient (Wildman–Crippen LogP) is 4.70. The molecule has 0 bridgehead atoms. The Morgan fingerprint density at radius 3 is 2.33 bits per heavy atom. The Labute approximate surface area is 191 Å². The first-order chi connectivity index (χ1) is 15.9. The smallest absolute Gasteiger partial charge is 0.352 e. The van der Waals surface area contributed by atoms with Crippen LogP contribution in [0.4, 0.5) is 0 Å². The first kappa shape index (κ1) is 23.8. The molecule has 0 atom stereocenters. The summed E-state index contributed by atoms with van der Waals surface area (Å²) in [5.41, 5.74) is 0.459. The fraction of sp³-hybridized carbons (Fsp3) is 0.320. The summed E-state index contributed by atoms with van der Waals surface area (Å²) in [5, 5.41) is 21.1. The first-order valence-electron chi connectivity index (χ1n) is 10.8. The maximum Gasteiger partial charge on any atom is 0.352 e. The lowest BCUT2D eigenvalue weighted by atomic mass is 10.0. The summed E-state index contributed by atoms with van der Waals surface area (Å²) >= 11 is 0. The van der Waals surface area contributed by atoms with E-state index in [0.717, 1.165) is 19.3 Å². The lowest BCUT2D eigenvalue weighted by molar-refractivity contribution is -0.134. The lowest BCUT2D eigenvalue weighted by Crippen LogP contribution is -2.27.